The van der Waals surface area contributed by atoms with Gasteiger partial charge in [-0.3, -0.25) is 0 Å². The highest BCUT2D eigenvalue weighted by molar-refractivity contribution is 5.49. The van der Waals surface area contributed by atoms with Gasteiger partial charge in [0.15, 0.2) is 23.3 Å². The maximum absolute atomic E-state index is 13.3. The highest BCUT2D eigenvalue weighted by Gasteiger charge is 2.38. The zero-order chi connectivity index (χ0) is 13.4. The van der Waals surface area contributed by atoms with Gasteiger partial charge in [0.1, 0.15) is 5.69 Å². The Morgan fingerprint density at radius 3 is 1.94 bits per heavy atom. The normalized spacial score (nSPS) is 22.1. The Morgan fingerprint density at radius 1 is 0.944 bits per heavy atom. The summed E-state index contributed by atoms with van der Waals surface area (Å²) in [5.74, 6) is -9.31. The molecule has 1 aliphatic rings. The molecule has 0 radical (unpaired) electrons. The summed E-state index contributed by atoms with van der Waals surface area (Å²) in [5.41, 5.74) is -0.921. The third kappa shape index (κ3) is 2.15. The van der Waals surface area contributed by atoms with Crippen LogP contribution in [0.4, 0.5) is 27.6 Å². The Hall–Kier alpha value is -1.33. The van der Waals surface area contributed by atoms with Crippen LogP contribution in [0, 0.1) is 35.0 Å². The monoisotopic (exact) mass is 265 g/mol. The fourth-order valence-electron chi connectivity index (χ4n) is 2.03. The molecule has 1 N–H and O–H groups in total. The lowest BCUT2D eigenvalue weighted by Crippen LogP contribution is -2.12. The smallest absolute Gasteiger partial charge is 0.200 e. The third-order valence-corrected chi connectivity index (χ3v) is 3.12. The molecule has 18 heavy (non-hydrogen) atoms. The minimum atomic E-state index is -2.13. The van der Waals surface area contributed by atoms with Crippen molar-refractivity contribution in [2.75, 3.05) is 5.32 Å². The quantitative estimate of drug-likeness (QED) is 0.493. The van der Waals surface area contributed by atoms with Crippen LogP contribution in [0.1, 0.15) is 26.2 Å². The molecule has 2 rings (SSSR count). The summed E-state index contributed by atoms with van der Waals surface area (Å²) in [4.78, 5) is 0. The first-order chi connectivity index (χ1) is 8.47. The van der Waals surface area contributed by atoms with Gasteiger partial charge in [-0.1, -0.05) is 13.3 Å². The van der Waals surface area contributed by atoms with Crippen LogP contribution in [0.15, 0.2) is 0 Å². The van der Waals surface area contributed by atoms with Crippen molar-refractivity contribution < 1.29 is 22.0 Å². The number of anilines is 1. The molecule has 1 aromatic rings. The van der Waals surface area contributed by atoms with E-state index >= 15 is 0 Å². The van der Waals surface area contributed by atoms with E-state index < -0.39 is 34.8 Å². The minimum Gasteiger partial charge on any atom is -0.377 e. The Bertz CT molecular complexity index is 445. The molecule has 0 aromatic heterocycles. The van der Waals surface area contributed by atoms with Gasteiger partial charge in [0.25, 0.3) is 0 Å². The highest BCUT2D eigenvalue weighted by atomic mass is 19.2. The first kappa shape index (κ1) is 13.1. The molecule has 1 aromatic carbocycles. The van der Waals surface area contributed by atoms with Crippen molar-refractivity contribution in [2.45, 2.75) is 32.2 Å². The van der Waals surface area contributed by atoms with Gasteiger partial charge >= 0.3 is 0 Å². The maximum Gasteiger partial charge on any atom is 0.200 e. The summed E-state index contributed by atoms with van der Waals surface area (Å²) < 4.78 is 65.3. The summed E-state index contributed by atoms with van der Waals surface area (Å²) in [6.45, 7) is 1.97. The van der Waals surface area contributed by atoms with Crippen molar-refractivity contribution in [3.05, 3.63) is 29.1 Å². The molecular weight excluding hydrogens is 253 g/mol. The lowest BCUT2D eigenvalue weighted by molar-refractivity contribution is 0.381. The van der Waals surface area contributed by atoms with Crippen LogP contribution in [0.5, 0.6) is 0 Å². The van der Waals surface area contributed by atoms with E-state index in [2.05, 4.69) is 5.32 Å². The van der Waals surface area contributed by atoms with E-state index in [0.717, 1.165) is 12.8 Å². The predicted octanol–water partition coefficient (Wildman–Crippen LogP) is 3.98. The first-order valence-electron chi connectivity index (χ1n) is 5.75. The van der Waals surface area contributed by atoms with Crippen LogP contribution >= 0.6 is 0 Å². The third-order valence-electron chi connectivity index (χ3n) is 3.12. The SMILES string of the molecule is CCCC1CC1Nc1c(F)c(F)c(F)c(F)c1F. The van der Waals surface area contributed by atoms with Crippen LogP contribution in [0.25, 0.3) is 0 Å². The second-order valence-corrected chi connectivity index (χ2v) is 4.48. The molecule has 1 nitrogen and oxygen atoms in total. The van der Waals surface area contributed by atoms with E-state index in [-0.39, 0.29) is 12.0 Å². The average Bonchev–Trinajstić information content (AvgIpc) is 3.08. The molecule has 6 heteroatoms. The zero-order valence-corrected chi connectivity index (χ0v) is 9.67. The molecular formula is C12H12F5N. The highest BCUT2D eigenvalue weighted by Crippen LogP contribution is 2.39. The Kier molecular flexibility index (Phi) is 3.45. The molecule has 1 fully saturated rings. The van der Waals surface area contributed by atoms with E-state index in [1.807, 2.05) is 6.92 Å². The van der Waals surface area contributed by atoms with Gasteiger partial charge in [-0.15, -0.1) is 0 Å². The largest absolute Gasteiger partial charge is 0.377 e. The lowest BCUT2D eigenvalue weighted by atomic mass is 10.2. The molecule has 2 unspecified atom stereocenters. The van der Waals surface area contributed by atoms with Gasteiger partial charge in [0, 0.05) is 6.04 Å². The summed E-state index contributed by atoms with van der Waals surface area (Å²) in [6.07, 6.45) is 2.47. The molecule has 2 atom stereocenters. The standard InChI is InChI=1S/C12H12F5N/c1-2-3-5-4-6(5)18-12-10(16)8(14)7(13)9(15)11(12)17/h5-6,18H,2-4H2,1H3. The molecule has 100 valence electrons. The number of halogens is 5. The van der Waals surface area contributed by atoms with Gasteiger partial charge in [0.2, 0.25) is 5.82 Å². The molecule has 1 saturated carbocycles. The Labute approximate surface area is 101 Å². The van der Waals surface area contributed by atoms with E-state index in [9.17, 15) is 22.0 Å². The Morgan fingerprint density at radius 2 is 1.44 bits per heavy atom. The summed E-state index contributed by atoms with van der Waals surface area (Å²) in [5, 5.41) is 2.40. The van der Waals surface area contributed by atoms with Crippen LogP contribution in [0.3, 0.4) is 0 Å². The van der Waals surface area contributed by atoms with E-state index in [0.29, 0.717) is 6.42 Å². The Balaban J connectivity index is 2.24. The predicted molar refractivity (Wildman–Crippen MR) is 56.7 cm³/mol. The first-order valence-corrected chi connectivity index (χ1v) is 5.75. The van der Waals surface area contributed by atoms with E-state index in [4.69, 9.17) is 0 Å². The molecule has 0 aliphatic heterocycles. The number of nitrogens with one attached hydrogen (secondary N) is 1. The van der Waals surface area contributed by atoms with E-state index in [1.165, 1.54) is 0 Å². The summed E-state index contributed by atoms with van der Waals surface area (Å²) >= 11 is 0. The van der Waals surface area contributed by atoms with Crippen molar-refractivity contribution in [1.82, 2.24) is 0 Å². The van der Waals surface area contributed by atoms with Crippen LogP contribution in [-0.2, 0) is 0 Å². The van der Waals surface area contributed by atoms with Gasteiger partial charge in [0.05, 0.1) is 0 Å². The summed E-state index contributed by atoms with van der Waals surface area (Å²) in [7, 11) is 0. The number of hydrogen-bond donors (Lipinski definition) is 1. The van der Waals surface area contributed by atoms with Crippen molar-refractivity contribution >= 4 is 5.69 Å². The molecule has 0 bridgehead atoms. The second kappa shape index (κ2) is 4.74. The lowest BCUT2D eigenvalue weighted by Gasteiger charge is -2.10. The number of hydrogen-bond acceptors (Lipinski definition) is 1. The topological polar surface area (TPSA) is 12.0 Å². The van der Waals surface area contributed by atoms with Crippen molar-refractivity contribution in [3.8, 4) is 0 Å². The van der Waals surface area contributed by atoms with Crippen LogP contribution in [-0.4, -0.2) is 6.04 Å². The molecule has 0 amide bonds. The van der Waals surface area contributed by atoms with Gasteiger partial charge in [-0.2, -0.15) is 0 Å². The molecule has 1 aliphatic carbocycles. The van der Waals surface area contributed by atoms with Crippen molar-refractivity contribution in [2.24, 2.45) is 5.92 Å². The van der Waals surface area contributed by atoms with Crippen molar-refractivity contribution in [1.29, 1.82) is 0 Å². The van der Waals surface area contributed by atoms with E-state index in [1.54, 1.807) is 0 Å². The maximum atomic E-state index is 13.3. The average molecular weight is 265 g/mol. The molecule has 0 spiro atoms. The number of benzene rings is 1. The van der Waals surface area contributed by atoms with Crippen molar-refractivity contribution in [3.63, 3.8) is 0 Å². The van der Waals surface area contributed by atoms with Crippen LogP contribution in [0.2, 0.25) is 0 Å². The fraction of sp³-hybridized carbons (Fsp3) is 0.500. The number of rotatable bonds is 4. The fourth-order valence-corrected chi connectivity index (χ4v) is 2.03. The zero-order valence-electron chi connectivity index (χ0n) is 9.67. The van der Waals surface area contributed by atoms with Gasteiger partial charge in [-0.25, -0.2) is 22.0 Å². The molecule has 0 saturated heterocycles. The van der Waals surface area contributed by atoms with Gasteiger partial charge in [-0.05, 0) is 18.8 Å². The van der Waals surface area contributed by atoms with Crippen LogP contribution < -0.4 is 5.32 Å². The minimum absolute atomic E-state index is 0.210. The second-order valence-electron chi connectivity index (χ2n) is 4.48. The molecule has 0 heterocycles. The summed E-state index contributed by atoms with van der Waals surface area (Å²) in [6, 6.07) is -0.210. The van der Waals surface area contributed by atoms with Gasteiger partial charge < -0.3 is 5.32 Å².